The maximum Gasteiger partial charge on any atom is 0.338 e. The van der Waals surface area contributed by atoms with Crippen molar-refractivity contribution in [1.29, 1.82) is 0 Å². The van der Waals surface area contributed by atoms with Crippen molar-refractivity contribution in [2.24, 2.45) is 0 Å². The first-order valence-electron chi connectivity index (χ1n) is 8.16. The van der Waals surface area contributed by atoms with Gasteiger partial charge in [-0.25, -0.2) is 13.7 Å². The molecular weight excluding hydrogens is 339 g/mol. The van der Waals surface area contributed by atoms with E-state index >= 15 is 0 Å². The molecule has 3 aromatic rings. The van der Waals surface area contributed by atoms with Crippen LogP contribution in [0.3, 0.4) is 0 Å². The summed E-state index contributed by atoms with van der Waals surface area (Å²) < 4.78 is 14.6. The Morgan fingerprint density at radius 3 is 2.42 bits per heavy atom. The number of aromatic carboxylic acids is 1. The number of halogens is 1. The first-order valence-corrected chi connectivity index (χ1v) is 8.16. The Morgan fingerprint density at radius 2 is 1.77 bits per heavy atom. The normalized spacial score (nSPS) is 14.8. The molecule has 1 aliphatic heterocycles. The lowest BCUT2D eigenvalue weighted by atomic mass is 10.1. The van der Waals surface area contributed by atoms with Crippen LogP contribution in [-0.4, -0.2) is 51.9 Å². The molecule has 0 atom stereocenters. The van der Waals surface area contributed by atoms with E-state index in [0.29, 0.717) is 37.5 Å². The molecule has 3 N–H and O–H groups in total. The Bertz CT molecular complexity index is 963. The van der Waals surface area contributed by atoms with E-state index in [4.69, 9.17) is 5.73 Å². The number of carboxylic acid groups (broad SMARTS) is 1. The molecule has 0 spiro atoms. The molecule has 9 heteroatoms. The fourth-order valence-electron chi connectivity index (χ4n) is 3.22. The molecule has 1 saturated heterocycles. The molecule has 0 unspecified atom stereocenters. The van der Waals surface area contributed by atoms with Crippen LogP contribution in [0.15, 0.2) is 36.5 Å². The van der Waals surface area contributed by atoms with Crippen LogP contribution in [0.1, 0.15) is 10.4 Å². The molecule has 26 heavy (non-hydrogen) atoms. The summed E-state index contributed by atoms with van der Waals surface area (Å²) in [7, 11) is 0. The van der Waals surface area contributed by atoms with Crippen molar-refractivity contribution in [3.63, 3.8) is 0 Å². The van der Waals surface area contributed by atoms with Gasteiger partial charge in [0.2, 0.25) is 5.95 Å². The summed E-state index contributed by atoms with van der Waals surface area (Å²) in [6.07, 6.45) is 1.65. The number of carboxylic acids is 1. The van der Waals surface area contributed by atoms with Crippen LogP contribution in [0, 0.1) is 5.82 Å². The topological polar surface area (TPSA) is 100.0 Å². The smallest absolute Gasteiger partial charge is 0.338 e. The van der Waals surface area contributed by atoms with E-state index in [2.05, 4.69) is 15.0 Å². The number of hydrogen-bond acceptors (Lipinski definition) is 6. The van der Waals surface area contributed by atoms with Crippen LogP contribution in [0.25, 0.3) is 5.65 Å². The van der Waals surface area contributed by atoms with Crippen molar-refractivity contribution in [1.82, 2.24) is 14.6 Å². The van der Waals surface area contributed by atoms with Crippen molar-refractivity contribution in [2.75, 3.05) is 41.7 Å². The Balaban J connectivity index is 1.59. The second kappa shape index (κ2) is 6.17. The highest BCUT2D eigenvalue weighted by Crippen LogP contribution is 2.25. The third-order valence-corrected chi connectivity index (χ3v) is 4.51. The van der Waals surface area contributed by atoms with Crippen molar-refractivity contribution in [2.45, 2.75) is 0 Å². The zero-order chi connectivity index (χ0) is 18.3. The number of piperazine rings is 1. The number of benzene rings is 1. The lowest BCUT2D eigenvalue weighted by molar-refractivity contribution is 0.0697. The highest BCUT2D eigenvalue weighted by atomic mass is 19.1. The largest absolute Gasteiger partial charge is 0.478 e. The summed E-state index contributed by atoms with van der Waals surface area (Å²) in [5.41, 5.74) is 7.69. The first kappa shape index (κ1) is 16.1. The fourth-order valence-corrected chi connectivity index (χ4v) is 3.22. The van der Waals surface area contributed by atoms with Crippen LogP contribution in [0.5, 0.6) is 0 Å². The van der Waals surface area contributed by atoms with Crippen LogP contribution in [0.4, 0.5) is 21.7 Å². The molecule has 1 fully saturated rings. The fraction of sp³-hybridized carbons (Fsp3) is 0.235. The lowest BCUT2D eigenvalue weighted by Crippen LogP contribution is -2.47. The molecule has 0 bridgehead atoms. The Labute approximate surface area is 148 Å². The third-order valence-electron chi connectivity index (χ3n) is 4.51. The summed E-state index contributed by atoms with van der Waals surface area (Å²) >= 11 is 0. The van der Waals surface area contributed by atoms with Gasteiger partial charge in [0, 0.05) is 31.9 Å². The molecule has 3 heterocycles. The Kier molecular flexibility index (Phi) is 3.83. The average molecular weight is 356 g/mol. The lowest BCUT2D eigenvalue weighted by Gasteiger charge is -2.37. The summed E-state index contributed by atoms with van der Waals surface area (Å²) in [4.78, 5) is 19.8. The third kappa shape index (κ3) is 2.87. The van der Waals surface area contributed by atoms with Crippen molar-refractivity contribution < 1.29 is 14.3 Å². The predicted molar refractivity (Wildman–Crippen MR) is 95.2 cm³/mol. The van der Waals surface area contributed by atoms with Gasteiger partial charge >= 0.3 is 5.97 Å². The number of nitrogens with two attached hydrogens (primary N) is 1. The zero-order valence-corrected chi connectivity index (χ0v) is 13.8. The van der Waals surface area contributed by atoms with Gasteiger partial charge in [-0.3, -0.25) is 0 Å². The number of anilines is 3. The van der Waals surface area contributed by atoms with E-state index in [1.165, 1.54) is 22.7 Å². The highest BCUT2D eigenvalue weighted by molar-refractivity contribution is 5.95. The summed E-state index contributed by atoms with van der Waals surface area (Å²) in [6, 6.07) is 7.85. The number of aromatic nitrogens is 3. The first-order chi connectivity index (χ1) is 12.5. The molecule has 8 nitrogen and oxygen atoms in total. The highest BCUT2D eigenvalue weighted by Gasteiger charge is 2.23. The van der Waals surface area contributed by atoms with E-state index < -0.39 is 5.97 Å². The molecule has 1 aromatic carbocycles. The quantitative estimate of drug-likeness (QED) is 0.733. The van der Waals surface area contributed by atoms with Crippen LogP contribution in [-0.2, 0) is 0 Å². The van der Waals surface area contributed by atoms with Crippen molar-refractivity contribution >= 4 is 28.9 Å². The summed E-state index contributed by atoms with van der Waals surface area (Å²) in [6.45, 7) is 2.66. The van der Waals surface area contributed by atoms with E-state index in [9.17, 15) is 14.3 Å². The maximum absolute atomic E-state index is 13.1. The number of hydrogen-bond donors (Lipinski definition) is 2. The van der Waals surface area contributed by atoms with Gasteiger partial charge in [-0.2, -0.15) is 4.98 Å². The molecule has 2 aromatic heterocycles. The van der Waals surface area contributed by atoms with Crippen molar-refractivity contribution in [3.05, 3.63) is 47.9 Å². The van der Waals surface area contributed by atoms with Gasteiger partial charge in [-0.05, 0) is 30.3 Å². The maximum atomic E-state index is 13.1. The van der Waals surface area contributed by atoms with Gasteiger partial charge in [-0.1, -0.05) is 0 Å². The average Bonchev–Trinajstić information content (AvgIpc) is 3.00. The minimum atomic E-state index is -1.02. The molecule has 1 aliphatic rings. The van der Waals surface area contributed by atoms with Gasteiger partial charge < -0.3 is 20.6 Å². The van der Waals surface area contributed by atoms with E-state index in [1.54, 1.807) is 18.3 Å². The van der Waals surface area contributed by atoms with Gasteiger partial charge in [0.05, 0.1) is 17.4 Å². The van der Waals surface area contributed by atoms with E-state index in [-0.39, 0.29) is 17.3 Å². The number of rotatable bonds is 3. The van der Waals surface area contributed by atoms with Gasteiger partial charge in [-0.15, -0.1) is 5.10 Å². The van der Waals surface area contributed by atoms with Crippen LogP contribution < -0.4 is 15.5 Å². The van der Waals surface area contributed by atoms with E-state index in [0.717, 1.165) is 5.69 Å². The van der Waals surface area contributed by atoms with Crippen LogP contribution >= 0.6 is 0 Å². The number of carbonyl (C=O) groups is 1. The Hall–Kier alpha value is -3.36. The summed E-state index contributed by atoms with van der Waals surface area (Å²) in [5.74, 6) is -1.19. The zero-order valence-electron chi connectivity index (χ0n) is 13.8. The van der Waals surface area contributed by atoms with Crippen molar-refractivity contribution in [3.8, 4) is 0 Å². The van der Waals surface area contributed by atoms with Gasteiger partial charge in [0.25, 0.3) is 0 Å². The molecule has 4 rings (SSSR count). The summed E-state index contributed by atoms with van der Waals surface area (Å²) in [5, 5.41) is 13.6. The molecule has 134 valence electrons. The van der Waals surface area contributed by atoms with Gasteiger partial charge in [0.15, 0.2) is 5.65 Å². The predicted octanol–water partition coefficient (Wildman–Crippen LogP) is 1.48. The second-order valence-corrected chi connectivity index (χ2v) is 6.10. The second-order valence-electron chi connectivity index (χ2n) is 6.10. The molecular formula is C17H17FN6O2. The van der Waals surface area contributed by atoms with Gasteiger partial charge in [0.1, 0.15) is 5.82 Å². The minimum Gasteiger partial charge on any atom is -0.478 e. The molecule has 0 amide bonds. The van der Waals surface area contributed by atoms with E-state index in [1.807, 2.05) is 4.90 Å². The standard InChI is InChI=1S/C17H17FN6O2/c18-11-1-3-12(4-2-11)22-5-7-23(8-6-22)14-10-24-15(20-17(19)21-24)9-13(14)16(25)26/h1-4,9-10H,5-8H2,(H2,19,21)(H,25,26). The number of fused-ring (bicyclic) bond motifs is 1. The molecule has 0 aliphatic carbocycles. The number of pyridine rings is 1. The van der Waals surface area contributed by atoms with Crippen LogP contribution in [0.2, 0.25) is 0 Å². The molecule has 0 saturated carbocycles. The Morgan fingerprint density at radius 1 is 1.12 bits per heavy atom. The minimum absolute atomic E-state index is 0.0969. The number of nitrogen functional groups attached to an aromatic ring is 1. The number of nitrogens with zero attached hydrogens (tertiary/aromatic N) is 5. The monoisotopic (exact) mass is 356 g/mol. The SMILES string of the molecule is Nc1nc2cc(C(=O)O)c(N3CCN(c4ccc(F)cc4)CC3)cn2n1. The molecule has 0 radical (unpaired) electrons.